The van der Waals surface area contributed by atoms with Crippen molar-refractivity contribution < 1.29 is 9.18 Å². The molecule has 1 N–H and O–H groups in total. The molecule has 6 nitrogen and oxygen atoms in total. The second kappa shape index (κ2) is 14.0. The number of hydrogen-bond acceptors (Lipinski definition) is 4. The first-order chi connectivity index (χ1) is 18.0. The summed E-state index contributed by atoms with van der Waals surface area (Å²) in [7, 11) is 1.74. The lowest BCUT2D eigenvalue weighted by Gasteiger charge is -2.17. The SMILES string of the molecule is C/C=C(\C)NC(=O)C(C)(C)C.C=C(C)/C=C\C(=NC)c1c(-c2ccc(F)cc2)ncn1Cc1cccnc1. The van der Waals surface area contributed by atoms with Crippen molar-refractivity contribution in [2.45, 2.75) is 48.1 Å². The topological polar surface area (TPSA) is 72.2 Å². The third-order valence-electron chi connectivity index (χ3n) is 5.47. The summed E-state index contributed by atoms with van der Waals surface area (Å²) in [5.74, 6) is -0.213. The highest BCUT2D eigenvalue weighted by molar-refractivity contribution is 6.11. The van der Waals surface area contributed by atoms with Crippen LogP contribution in [0.1, 0.15) is 52.8 Å². The van der Waals surface area contributed by atoms with Crippen molar-refractivity contribution >= 4 is 11.6 Å². The lowest BCUT2D eigenvalue weighted by Crippen LogP contribution is -2.33. The lowest BCUT2D eigenvalue weighted by atomic mass is 9.95. The monoisotopic (exact) mass is 515 g/mol. The molecule has 1 aromatic carbocycles. The summed E-state index contributed by atoms with van der Waals surface area (Å²) in [5, 5.41) is 2.79. The van der Waals surface area contributed by atoms with Crippen molar-refractivity contribution in [2.24, 2.45) is 10.4 Å². The van der Waals surface area contributed by atoms with Crippen LogP contribution in [0.15, 0.2) is 96.2 Å². The number of pyridine rings is 1. The van der Waals surface area contributed by atoms with Gasteiger partial charge in [0.25, 0.3) is 0 Å². The van der Waals surface area contributed by atoms with Gasteiger partial charge in [-0.3, -0.25) is 14.8 Å². The minimum Gasteiger partial charge on any atom is -0.330 e. The average molecular weight is 516 g/mol. The van der Waals surface area contributed by atoms with E-state index < -0.39 is 0 Å². The summed E-state index contributed by atoms with van der Waals surface area (Å²) in [4.78, 5) is 24.5. The van der Waals surface area contributed by atoms with Crippen molar-refractivity contribution in [3.63, 3.8) is 0 Å². The lowest BCUT2D eigenvalue weighted by molar-refractivity contribution is -0.127. The number of imidazole rings is 1. The van der Waals surface area contributed by atoms with E-state index in [1.54, 1.807) is 31.7 Å². The maximum absolute atomic E-state index is 13.4. The number of benzene rings is 1. The van der Waals surface area contributed by atoms with E-state index in [1.165, 1.54) is 12.1 Å². The van der Waals surface area contributed by atoms with Crippen LogP contribution in [0.5, 0.6) is 0 Å². The Morgan fingerprint density at radius 3 is 2.37 bits per heavy atom. The smallest absolute Gasteiger partial charge is 0.229 e. The van der Waals surface area contributed by atoms with Crippen LogP contribution in [0, 0.1) is 11.2 Å². The second-order valence-electron chi connectivity index (χ2n) is 9.90. The van der Waals surface area contributed by atoms with Crippen molar-refractivity contribution in [1.82, 2.24) is 19.9 Å². The van der Waals surface area contributed by atoms with Crippen molar-refractivity contribution in [1.29, 1.82) is 0 Å². The van der Waals surface area contributed by atoms with Gasteiger partial charge < -0.3 is 9.88 Å². The maximum atomic E-state index is 13.4. The molecule has 1 amide bonds. The van der Waals surface area contributed by atoms with Gasteiger partial charge in [-0.25, -0.2) is 9.37 Å². The van der Waals surface area contributed by atoms with Crippen LogP contribution in [0.25, 0.3) is 11.3 Å². The van der Waals surface area contributed by atoms with E-state index in [2.05, 4.69) is 26.9 Å². The van der Waals surface area contributed by atoms with Crippen LogP contribution >= 0.6 is 0 Å². The molecular formula is C31H38FN5O. The molecule has 38 heavy (non-hydrogen) atoms. The van der Waals surface area contributed by atoms with E-state index in [-0.39, 0.29) is 17.1 Å². The molecule has 3 rings (SSSR count). The van der Waals surface area contributed by atoms with Crippen LogP contribution in [-0.2, 0) is 11.3 Å². The number of aliphatic imine (C=N–C) groups is 1. The Bertz CT molecular complexity index is 1310. The molecule has 0 aliphatic rings. The number of amides is 1. The van der Waals surface area contributed by atoms with Gasteiger partial charge in [0.1, 0.15) is 5.82 Å². The normalized spacial score (nSPS) is 12.2. The van der Waals surface area contributed by atoms with Gasteiger partial charge in [-0.1, -0.05) is 51.1 Å². The minimum atomic E-state index is -0.301. The van der Waals surface area contributed by atoms with E-state index in [4.69, 9.17) is 0 Å². The molecular weight excluding hydrogens is 477 g/mol. The molecule has 3 aromatic rings. The van der Waals surface area contributed by atoms with Crippen LogP contribution < -0.4 is 5.32 Å². The molecule has 0 radical (unpaired) electrons. The van der Waals surface area contributed by atoms with Gasteiger partial charge in [0.2, 0.25) is 5.91 Å². The van der Waals surface area contributed by atoms with Crippen molar-refractivity contribution in [2.75, 3.05) is 7.05 Å². The number of halogens is 1. The van der Waals surface area contributed by atoms with Crippen molar-refractivity contribution in [3.8, 4) is 11.3 Å². The Hall–Kier alpha value is -4.13. The number of carbonyl (C=O) groups excluding carboxylic acids is 1. The van der Waals surface area contributed by atoms with Crippen LogP contribution in [-0.4, -0.2) is 33.2 Å². The predicted octanol–water partition coefficient (Wildman–Crippen LogP) is 6.76. The van der Waals surface area contributed by atoms with E-state index in [1.807, 2.05) is 82.7 Å². The van der Waals surface area contributed by atoms with Gasteiger partial charge in [0.05, 0.1) is 30.0 Å². The molecule has 0 saturated heterocycles. The van der Waals surface area contributed by atoms with Gasteiger partial charge >= 0.3 is 0 Å². The highest BCUT2D eigenvalue weighted by Crippen LogP contribution is 2.25. The van der Waals surface area contributed by atoms with E-state index >= 15 is 0 Å². The molecule has 200 valence electrons. The molecule has 0 saturated carbocycles. The fourth-order valence-electron chi connectivity index (χ4n) is 3.20. The predicted molar refractivity (Wildman–Crippen MR) is 154 cm³/mol. The zero-order valence-corrected chi connectivity index (χ0v) is 23.4. The summed E-state index contributed by atoms with van der Waals surface area (Å²) < 4.78 is 15.4. The summed E-state index contributed by atoms with van der Waals surface area (Å²) in [5.41, 5.74) is 5.82. The third kappa shape index (κ3) is 9.07. The molecule has 2 aromatic heterocycles. The molecule has 7 heteroatoms. The maximum Gasteiger partial charge on any atom is 0.229 e. The van der Waals surface area contributed by atoms with Gasteiger partial charge in [-0.05, 0) is 62.7 Å². The zero-order valence-electron chi connectivity index (χ0n) is 23.4. The van der Waals surface area contributed by atoms with E-state index in [0.717, 1.165) is 39.5 Å². The van der Waals surface area contributed by atoms with Gasteiger partial charge in [0.15, 0.2) is 0 Å². The van der Waals surface area contributed by atoms with Crippen molar-refractivity contribution in [3.05, 3.63) is 108 Å². The molecule has 0 aliphatic carbocycles. The number of rotatable bonds is 7. The fourth-order valence-corrected chi connectivity index (χ4v) is 3.20. The summed E-state index contributed by atoms with van der Waals surface area (Å²) in [6.45, 7) is 15.9. The second-order valence-corrected chi connectivity index (χ2v) is 9.90. The first-order valence-corrected chi connectivity index (χ1v) is 12.4. The van der Waals surface area contributed by atoms with Gasteiger partial charge in [-0.2, -0.15) is 0 Å². The number of aromatic nitrogens is 3. The fraction of sp³-hybridized carbons (Fsp3) is 0.290. The van der Waals surface area contributed by atoms with Crippen LogP contribution in [0.4, 0.5) is 4.39 Å². The standard InChI is InChI=1S/C22H21FN4.C9H17NO/c1-16(2)6-11-20(24-3)22-21(18-7-9-19(23)10-8-18)26-15-27(22)14-17-5-4-12-25-13-17;1-6-7(2)10-8(11)9(3,4)5/h4-13,15H,1,14H2,2-3H3;6H,1-5H3,(H,10,11)/b11-6-,24-20?;7-6+. The Morgan fingerprint density at radius 2 is 1.84 bits per heavy atom. The van der Waals surface area contributed by atoms with E-state index in [9.17, 15) is 9.18 Å². The molecule has 0 unspecified atom stereocenters. The largest absolute Gasteiger partial charge is 0.330 e. The third-order valence-corrected chi connectivity index (χ3v) is 5.47. The molecule has 0 spiro atoms. The number of hydrogen-bond donors (Lipinski definition) is 1. The van der Waals surface area contributed by atoms with Crippen LogP contribution in [0.2, 0.25) is 0 Å². The first kappa shape index (κ1) is 30.1. The highest BCUT2D eigenvalue weighted by Gasteiger charge is 2.20. The quantitative estimate of drug-likeness (QED) is 0.279. The average Bonchev–Trinajstić information content (AvgIpc) is 3.28. The van der Waals surface area contributed by atoms with Gasteiger partial charge in [0, 0.05) is 36.1 Å². The summed E-state index contributed by atoms with van der Waals surface area (Å²) in [6, 6.07) is 10.2. The van der Waals surface area contributed by atoms with Crippen LogP contribution in [0.3, 0.4) is 0 Å². The molecule has 0 bridgehead atoms. The Kier molecular flexibility index (Phi) is 11.1. The minimum absolute atomic E-state index is 0.0631. The molecule has 0 atom stereocenters. The molecule has 0 aliphatic heterocycles. The van der Waals surface area contributed by atoms with Gasteiger partial charge in [-0.15, -0.1) is 0 Å². The van der Waals surface area contributed by atoms with E-state index in [0.29, 0.717) is 6.54 Å². The number of nitrogens with zero attached hydrogens (tertiary/aromatic N) is 4. The zero-order chi connectivity index (χ0) is 28.3. The highest BCUT2D eigenvalue weighted by atomic mass is 19.1. The number of allylic oxidation sites excluding steroid dienone is 5. The Balaban J connectivity index is 0.000000391. The summed E-state index contributed by atoms with van der Waals surface area (Å²) >= 11 is 0. The first-order valence-electron chi connectivity index (χ1n) is 12.4. The Labute approximate surface area is 225 Å². The summed E-state index contributed by atoms with van der Waals surface area (Å²) in [6.07, 6.45) is 11.1. The number of nitrogens with one attached hydrogen (secondary N) is 1. The molecule has 0 fully saturated rings. The Morgan fingerprint density at radius 1 is 1.16 bits per heavy atom. The number of carbonyl (C=O) groups is 1. The molecule has 2 heterocycles.